The van der Waals surface area contributed by atoms with Crippen molar-refractivity contribution in [2.24, 2.45) is 17.8 Å². The lowest BCUT2D eigenvalue weighted by atomic mass is 9.48. The highest BCUT2D eigenvalue weighted by Crippen LogP contribution is 2.60. The Balaban J connectivity index is 1.76. The van der Waals surface area contributed by atoms with Crippen LogP contribution in [0.5, 0.6) is 5.75 Å². The van der Waals surface area contributed by atoms with Gasteiger partial charge in [-0.05, 0) is 85.8 Å². The summed E-state index contributed by atoms with van der Waals surface area (Å²) in [7, 11) is 0. The van der Waals surface area contributed by atoms with E-state index in [2.05, 4.69) is 12.1 Å². The number of benzene rings is 1. The Labute approximate surface area is 109 Å². The molecule has 5 rings (SSSR count). The van der Waals surface area contributed by atoms with Crippen LogP contribution in [0, 0.1) is 24.7 Å². The van der Waals surface area contributed by atoms with E-state index in [4.69, 9.17) is 0 Å². The monoisotopic (exact) mass is 242 g/mol. The second-order valence-corrected chi connectivity index (χ2v) is 7.20. The van der Waals surface area contributed by atoms with Gasteiger partial charge < -0.3 is 5.11 Å². The summed E-state index contributed by atoms with van der Waals surface area (Å²) in [6, 6.07) is 6.35. The normalized spacial score (nSPS) is 41.3. The molecule has 4 aliphatic rings. The molecule has 0 atom stereocenters. The van der Waals surface area contributed by atoms with Gasteiger partial charge in [-0.3, -0.25) is 0 Å². The van der Waals surface area contributed by atoms with Gasteiger partial charge in [0.05, 0.1) is 0 Å². The molecule has 1 aromatic rings. The van der Waals surface area contributed by atoms with Gasteiger partial charge in [0.1, 0.15) is 5.75 Å². The third-order valence-electron chi connectivity index (χ3n) is 5.85. The summed E-state index contributed by atoms with van der Waals surface area (Å²) >= 11 is 0. The van der Waals surface area contributed by atoms with Crippen molar-refractivity contribution in [1.29, 1.82) is 0 Å². The quantitative estimate of drug-likeness (QED) is 0.783. The van der Waals surface area contributed by atoms with E-state index in [1.165, 1.54) is 44.1 Å². The van der Waals surface area contributed by atoms with Gasteiger partial charge in [0.25, 0.3) is 0 Å². The lowest BCUT2D eigenvalue weighted by molar-refractivity contribution is -0.00522. The molecule has 0 radical (unpaired) electrons. The summed E-state index contributed by atoms with van der Waals surface area (Å²) in [5.41, 5.74) is 3.02. The van der Waals surface area contributed by atoms with Crippen molar-refractivity contribution in [2.45, 2.75) is 50.9 Å². The largest absolute Gasteiger partial charge is 0.508 e. The van der Waals surface area contributed by atoms with Gasteiger partial charge in [0.2, 0.25) is 0 Å². The first-order valence-electron chi connectivity index (χ1n) is 7.45. The number of phenolic OH excluding ortho intramolecular Hbond substituents is 1. The molecule has 18 heavy (non-hydrogen) atoms. The molecule has 4 saturated carbocycles. The molecule has 0 aromatic heterocycles. The zero-order valence-corrected chi connectivity index (χ0v) is 11.2. The van der Waals surface area contributed by atoms with Crippen molar-refractivity contribution in [1.82, 2.24) is 0 Å². The molecule has 0 saturated heterocycles. The van der Waals surface area contributed by atoms with Crippen LogP contribution in [0.1, 0.15) is 49.7 Å². The summed E-state index contributed by atoms with van der Waals surface area (Å²) in [5.74, 6) is 3.42. The van der Waals surface area contributed by atoms with E-state index in [1.807, 2.05) is 13.0 Å². The molecule has 0 amide bonds. The summed E-state index contributed by atoms with van der Waals surface area (Å²) in [5, 5.41) is 9.73. The van der Waals surface area contributed by atoms with Crippen LogP contribution < -0.4 is 0 Å². The Morgan fingerprint density at radius 2 is 1.56 bits per heavy atom. The molecule has 4 bridgehead atoms. The molecule has 96 valence electrons. The average Bonchev–Trinajstić information content (AvgIpc) is 2.31. The van der Waals surface area contributed by atoms with Crippen LogP contribution in [-0.2, 0) is 5.41 Å². The number of rotatable bonds is 1. The maximum atomic E-state index is 9.73. The second kappa shape index (κ2) is 3.53. The van der Waals surface area contributed by atoms with E-state index in [1.54, 1.807) is 0 Å². The minimum atomic E-state index is 0.448. The molecule has 0 unspecified atom stereocenters. The van der Waals surface area contributed by atoms with E-state index in [0.29, 0.717) is 11.2 Å². The van der Waals surface area contributed by atoms with Gasteiger partial charge in [-0.1, -0.05) is 12.1 Å². The Hall–Kier alpha value is -0.980. The number of phenols is 1. The van der Waals surface area contributed by atoms with Gasteiger partial charge in [-0.2, -0.15) is 0 Å². The smallest absolute Gasteiger partial charge is 0.118 e. The Morgan fingerprint density at radius 3 is 2.06 bits per heavy atom. The molecule has 4 aliphatic carbocycles. The maximum absolute atomic E-state index is 9.73. The molecular formula is C17H22O. The predicted octanol–water partition coefficient (Wildman–Crippen LogP) is 4.17. The Morgan fingerprint density at radius 1 is 1.00 bits per heavy atom. The van der Waals surface area contributed by atoms with Crippen molar-refractivity contribution in [3.63, 3.8) is 0 Å². The number of hydrogen-bond donors (Lipinski definition) is 1. The van der Waals surface area contributed by atoms with E-state index in [-0.39, 0.29) is 0 Å². The lowest BCUT2D eigenvalue weighted by Crippen LogP contribution is -2.48. The van der Waals surface area contributed by atoms with Crippen LogP contribution in [0.4, 0.5) is 0 Å². The fourth-order valence-corrected chi connectivity index (χ4v) is 5.45. The van der Waals surface area contributed by atoms with Crippen molar-refractivity contribution in [3.8, 4) is 5.75 Å². The summed E-state index contributed by atoms with van der Waals surface area (Å²) in [6.07, 6.45) is 8.71. The third kappa shape index (κ3) is 1.46. The second-order valence-electron chi connectivity index (χ2n) is 7.20. The molecule has 0 aliphatic heterocycles. The molecule has 0 spiro atoms. The molecule has 1 N–H and O–H groups in total. The summed E-state index contributed by atoms with van der Waals surface area (Å²) < 4.78 is 0. The average molecular weight is 242 g/mol. The van der Waals surface area contributed by atoms with Crippen molar-refractivity contribution >= 4 is 0 Å². The van der Waals surface area contributed by atoms with Crippen LogP contribution in [-0.4, -0.2) is 5.11 Å². The molecule has 1 aromatic carbocycles. The first-order valence-corrected chi connectivity index (χ1v) is 7.45. The molecule has 1 heteroatoms. The van der Waals surface area contributed by atoms with Crippen LogP contribution >= 0.6 is 0 Å². The van der Waals surface area contributed by atoms with Crippen molar-refractivity contribution in [2.75, 3.05) is 0 Å². The predicted molar refractivity (Wildman–Crippen MR) is 72.7 cm³/mol. The first-order chi connectivity index (χ1) is 8.64. The van der Waals surface area contributed by atoms with E-state index < -0.39 is 0 Å². The van der Waals surface area contributed by atoms with Gasteiger partial charge in [-0.15, -0.1) is 0 Å². The van der Waals surface area contributed by atoms with Crippen LogP contribution in [0.25, 0.3) is 0 Å². The fourth-order valence-electron chi connectivity index (χ4n) is 5.45. The lowest BCUT2D eigenvalue weighted by Gasteiger charge is -2.57. The van der Waals surface area contributed by atoms with Crippen molar-refractivity contribution in [3.05, 3.63) is 29.3 Å². The van der Waals surface area contributed by atoms with Crippen molar-refractivity contribution < 1.29 is 5.11 Å². The van der Waals surface area contributed by atoms with Crippen LogP contribution in [0.15, 0.2) is 18.2 Å². The van der Waals surface area contributed by atoms with E-state index in [0.717, 1.165) is 23.3 Å². The third-order valence-corrected chi connectivity index (χ3v) is 5.85. The topological polar surface area (TPSA) is 20.2 Å². The van der Waals surface area contributed by atoms with Gasteiger partial charge in [0, 0.05) is 0 Å². The zero-order chi connectivity index (χ0) is 12.3. The fraction of sp³-hybridized carbons (Fsp3) is 0.647. The SMILES string of the molecule is Cc1cc(C23CC4CC(CC(C4)C2)C3)ccc1O. The molecule has 1 nitrogen and oxygen atoms in total. The molecule has 0 heterocycles. The van der Waals surface area contributed by atoms with Gasteiger partial charge in [0.15, 0.2) is 0 Å². The van der Waals surface area contributed by atoms with E-state index in [9.17, 15) is 5.11 Å². The summed E-state index contributed by atoms with van der Waals surface area (Å²) in [4.78, 5) is 0. The standard InChI is InChI=1S/C17H22O/c1-11-4-15(2-3-16(11)18)17-8-12-5-13(9-17)7-14(6-12)10-17/h2-4,12-14,18H,5-10H2,1H3. The first kappa shape index (κ1) is 10.9. The number of aryl methyl sites for hydroxylation is 1. The minimum Gasteiger partial charge on any atom is -0.508 e. The summed E-state index contributed by atoms with van der Waals surface area (Å²) in [6.45, 7) is 2.03. The van der Waals surface area contributed by atoms with E-state index >= 15 is 0 Å². The highest BCUT2D eigenvalue weighted by atomic mass is 16.3. The Bertz CT molecular complexity index is 453. The van der Waals surface area contributed by atoms with Gasteiger partial charge in [-0.25, -0.2) is 0 Å². The highest BCUT2D eigenvalue weighted by molar-refractivity contribution is 5.39. The number of aromatic hydroxyl groups is 1. The maximum Gasteiger partial charge on any atom is 0.118 e. The van der Waals surface area contributed by atoms with Crippen LogP contribution in [0.3, 0.4) is 0 Å². The van der Waals surface area contributed by atoms with Crippen LogP contribution in [0.2, 0.25) is 0 Å². The highest BCUT2D eigenvalue weighted by Gasteiger charge is 2.51. The minimum absolute atomic E-state index is 0.448. The van der Waals surface area contributed by atoms with Gasteiger partial charge >= 0.3 is 0 Å². The molecular weight excluding hydrogens is 220 g/mol. The zero-order valence-electron chi connectivity index (χ0n) is 11.2. The Kier molecular flexibility index (Phi) is 2.13. The molecule has 4 fully saturated rings. The number of hydrogen-bond acceptors (Lipinski definition) is 1.